The van der Waals surface area contributed by atoms with Crippen LogP contribution in [-0.4, -0.2) is 54.8 Å². The van der Waals surface area contributed by atoms with E-state index in [0.29, 0.717) is 38.1 Å². The van der Waals surface area contributed by atoms with Gasteiger partial charge in [0.2, 0.25) is 0 Å². The molecule has 0 radical (unpaired) electrons. The summed E-state index contributed by atoms with van der Waals surface area (Å²) >= 11 is 0. The first-order valence-electron chi connectivity index (χ1n) is 23.0. The molecule has 0 aliphatic heterocycles. The van der Waals surface area contributed by atoms with E-state index >= 15 is 0 Å². The van der Waals surface area contributed by atoms with Gasteiger partial charge in [0.25, 0.3) is 0 Å². The van der Waals surface area contributed by atoms with Gasteiger partial charge in [-0.25, -0.2) is 0 Å². The third-order valence-corrected chi connectivity index (χ3v) is 11.6. The van der Waals surface area contributed by atoms with Crippen molar-refractivity contribution in [3.63, 3.8) is 0 Å². The zero-order valence-electron chi connectivity index (χ0n) is 35.7. The summed E-state index contributed by atoms with van der Waals surface area (Å²) in [5.41, 5.74) is 0. The van der Waals surface area contributed by atoms with E-state index in [4.69, 9.17) is 9.47 Å². The molecular formula is C46H92NO4+. The molecule has 0 saturated carbocycles. The summed E-state index contributed by atoms with van der Waals surface area (Å²) in [6, 6.07) is 0.710. The Morgan fingerprint density at radius 1 is 0.373 bits per heavy atom. The second kappa shape index (κ2) is 37.2. The lowest BCUT2D eigenvalue weighted by Crippen LogP contribution is -2.60. The van der Waals surface area contributed by atoms with Gasteiger partial charge in [-0.3, -0.25) is 9.59 Å². The minimum absolute atomic E-state index is 0.0646. The Morgan fingerprint density at radius 3 is 0.804 bits per heavy atom. The maximum atomic E-state index is 12.5. The van der Waals surface area contributed by atoms with E-state index < -0.39 is 0 Å². The SMILES string of the molecule is CCCCCCCCCCCCCCCCCC(=O)OCC[N+](CCOC(=O)CCCCCCCCCCCCCCCCC)(C(C)C)C(C)C. The highest BCUT2D eigenvalue weighted by atomic mass is 16.5. The van der Waals surface area contributed by atoms with E-state index in [0.717, 1.165) is 43.3 Å². The summed E-state index contributed by atoms with van der Waals surface area (Å²) in [5, 5.41) is 0. The maximum absolute atomic E-state index is 12.5. The molecule has 0 N–H and O–H groups in total. The predicted octanol–water partition coefficient (Wildman–Crippen LogP) is 14.2. The number of hydrogen-bond donors (Lipinski definition) is 0. The normalized spacial score (nSPS) is 11.9. The van der Waals surface area contributed by atoms with Crippen molar-refractivity contribution in [3.8, 4) is 0 Å². The molecule has 0 unspecified atom stereocenters. The van der Waals surface area contributed by atoms with E-state index in [1.165, 1.54) is 167 Å². The van der Waals surface area contributed by atoms with Gasteiger partial charge in [0.1, 0.15) is 26.3 Å². The number of carbonyl (C=O) groups excluding carboxylic acids is 2. The lowest BCUT2D eigenvalue weighted by Gasteiger charge is -2.45. The van der Waals surface area contributed by atoms with Gasteiger partial charge in [0.15, 0.2) is 0 Å². The fraction of sp³-hybridized carbons (Fsp3) is 0.957. The molecule has 0 heterocycles. The Balaban J connectivity index is 3.92. The first-order valence-corrected chi connectivity index (χ1v) is 23.0. The maximum Gasteiger partial charge on any atom is 0.305 e. The van der Waals surface area contributed by atoms with Crippen molar-refractivity contribution in [2.75, 3.05) is 26.3 Å². The second-order valence-corrected chi connectivity index (χ2v) is 16.6. The molecule has 0 aliphatic rings. The standard InChI is InChI=1S/C46H92NO4/c1-7-9-11-13-15-17-19-21-23-25-27-29-31-33-35-37-45(48)50-41-39-47(43(3)4,44(5)6)40-42-51-46(49)38-36-34-32-30-28-26-24-22-20-18-16-14-12-10-8-2/h43-44H,7-42H2,1-6H3/q+1. The number of rotatable bonds is 40. The van der Waals surface area contributed by atoms with Crippen LogP contribution in [0.3, 0.4) is 0 Å². The second-order valence-electron chi connectivity index (χ2n) is 16.6. The monoisotopic (exact) mass is 723 g/mol. The highest BCUT2D eigenvalue weighted by Gasteiger charge is 2.35. The topological polar surface area (TPSA) is 52.6 Å². The van der Waals surface area contributed by atoms with Gasteiger partial charge in [-0.05, 0) is 40.5 Å². The predicted molar refractivity (Wildman–Crippen MR) is 221 cm³/mol. The molecule has 5 heteroatoms. The van der Waals surface area contributed by atoms with Crippen LogP contribution in [0, 0.1) is 0 Å². The smallest absolute Gasteiger partial charge is 0.305 e. The van der Waals surface area contributed by atoms with Crippen LogP contribution in [-0.2, 0) is 19.1 Å². The van der Waals surface area contributed by atoms with E-state index in [2.05, 4.69) is 41.5 Å². The van der Waals surface area contributed by atoms with E-state index in [9.17, 15) is 9.59 Å². The zero-order chi connectivity index (χ0) is 37.7. The Kier molecular flexibility index (Phi) is 36.4. The molecule has 0 aromatic heterocycles. The van der Waals surface area contributed by atoms with Crippen molar-refractivity contribution < 1.29 is 23.5 Å². The van der Waals surface area contributed by atoms with Crippen LogP contribution in [0.5, 0.6) is 0 Å². The molecule has 0 spiro atoms. The molecule has 51 heavy (non-hydrogen) atoms. The highest BCUT2D eigenvalue weighted by Crippen LogP contribution is 2.20. The number of nitrogens with zero attached hydrogens (tertiary/aromatic N) is 1. The van der Waals surface area contributed by atoms with Crippen molar-refractivity contribution in [3.05, 3.63) is 0 Å². The molecule has 0 rings (SSSR count). The molecule has 0 bridgehead atoms. The van der Waals surface area contributed by atoms with Crippen molar-refractivity contribution in [1.82, 2.24) is 0 Å². The summed E-state index contributed by atoms with van der Waals surface area (Å²) in [6.45, 7) is 15.9. The van der Waals surface area contributed by atoms with Crippen LogP contribution in [0.1, 0.15) is 247 Å². The van der Waals surface area contributed by atoms with Gasteiger partial charge in [-0.2, -0.15) is 0 Å². The minimum Gasteiger partial charge on any atom is -0.460 e. The third kappa shape index (κ3) is 31.0. The molecule has 5 nitrogen and oxygen atoms in total. The van der Waals surface area contributed by atoms with Gasteiger partial charge in [0, 0.05) is 12.8 Å². The van der Waals surface area contributed by atoms with Crippen LogP contribution in [0.15, 0.2) is 0 Å². The molecule has 0 amide bonds. The van der Waals surface area contributed by atoms with Crippen molar-refractivity contribution >= 4 is 11.9 Å². The van der Waals surface area contributed by atoms with Crippen molar-refractivity contribution in [1.29, 1.82) is 0 Å². The fourth-order valence-corrected chi connectivity index (χ4v) is 7.83. The summed E-state index contributed by atoms with van der Waals surface area (Å²) < 4.78 is 12.2. The summed E-state index contributed by atoms with van der Waals surface area (Å²) in [4.78, 5) is 25.0. The highest BCUT2D eigenvalue weighted by molar-refractivity contribution is 5.69. The Hall–Kier alpha value is -1.10. The van der Waals surface area contributed by atoms with Crippen LogP contribution in [0.2, 0.25) is 0 Å². The number of esters is 2. The van der Waals surface area contributed by atoms with Gasteiger partial charge < -0.3 is 14.0 Å². The third-order valence-electron chi connectivity index (χ3n) is 11.6. The molecule has 0 aliphatic carbocycles. The largest absolute Gasteiger partial charge is 0.460 e. The van der Waals surface area contributed by atoms with Crippen LogP contribution >= 0.6 is 0 Å². The average Bonchev–Trinajstić information content (AvgIpc) is 3.10. The van der Waals surface area contributed by atoms with Crippen LogP contribution in [0.4, 0.5) is 0 Å². The lowest BCUT2D eigenvalue weighted by molar-refractivity contribution is -0.966. The van der Waals surface area contributed by atoms with E-state index in [1.54, 1.807) is 0 Å². The number of carbonyl (C=O) groups is 2. The van der Waals surface area contributed by atoms with E-state index in [-0.39, 0.29) is 11.9 Å². The molecule has 0 aromatic carbocycles. The minimum atomic E-state index is -0.0646. The zero-order valence-corrected chi connectivity index (χ0v) is 35.7. The van der Waals surface area contributed by atoms with Crippen LogP contribution < -0.4 is 0 Å². The summed E-state index contributed by atoms with van der Waals surface area (Å²) in [6.07, 6.45) is 40.8. The fourth-order valence-electron chi connectivity index (χ4n) is 7.83. The molecule has 304 valence electrons. The Morgan fingerprint density at radius 2 is 0.588 bits per heavy atom. The number of unbranched alkanes of at least 4 members (excludes halogenated alkanes) is 28. The van der Waals surface area contributed by atoms with Gasteiger partial charge in [0.05, 0.1) is 12.1 Å². The van der Waals surface area contributed by atoms with E-state index in [1.807, 2.05) is 0 Å². The van der Waals surface area contributed by atoms with Gasteiger partial charge in [-0.1, -0.05) is 194 Å². The molecule has 0 atom stereocenters. The Bertz CT molecular complexity index is 690. The van der Waals surface area contributed by atoms with Crippen molar-refractivity contribution in [2.24, 2.45) is 0 Å². The number of hydrogen-bond acceptors (Lipinski definition) is 4. The summed E-state index contributed by atoms with van der Waals surface area (Å²) in [5.74, 6) is -0.129. The molecular weight excluding hydrogens is 631 g/mol. The number of ether oxygens (including phenoxy) is 2. The molecule has 0 saturated heterocycles. The summed E-state index contributed by atoms with van der Waals surface area (Å²) in [7, 11) is 0. The lowest BCUT2D eigenvalue weighted by atomic mass is 10.0. The first kappa shape index (κ1) is 49.9. The number of quaternary nitrogens is 1. The molecule has 0 fully saturated rings. The average molecular weight is 723 g/mol. The molecule has 0 aromatic rings. The van der Waals surface area contributed by atoms with Gasteiger partial charge >= 0.3 is 11.9 Å². The van der Waals surface area contributed by atoms with Crippen LogP contribution in [0.25, 0.3) is 0 Å². The van der Waals surface area contributed by atoms with Gasteiger partial charge in [-0.15, -0.1) is 0 Å². The first-order chi connectivity index (χ1) is 24.8. The Labute approximate surface area is 320 Å². The quantitative estimate of drug-likeness (QED) is 0.0359. The van der Waals surface area contributed by atoms with Crippen molar-refractivity contribution in [2.45, 2.75) is 259 Å².